The Bertz CT molecular complexity index is 556. The highest BCUT2D eigenvalue weighted by atomic mass is 35.5. The van der Waals surface area contributed by atoms with Gasteiger partial charge in [0, 0.05) is 22.8 Å². The normalized spacial score (nSPS) is 10.3. The minimum Gasteiger partial charge on any atom is -0.346 e. The third kappa shape index (κ3) is 3.27. The van der Waals surface area contributed by atoms with Gasteiger partial charge in [-0.15, -0.1) is 11.3 Å². The Morgan fingerprint density at radius 3 is 3.00 bits per heavy atom. The summed E-state index contributed by atoms with van der Waals surface area (Å²) in [5.74, 6) is -0.174. The molecule has 0 aliphatic carbocycles. The SMILES string of the molecule is CCc1cnc(CNC(=O)c2ccnc(Cl)c2)s1. The average Bonchev–Trinajstić information content (AvgIpc) is 2.84. The van der Waals surface area contributed by atoms with E-state index in [4.69, 9.17) is 11.6 Å². The van der Waals surface area contributed by atoms with E-state index >= 15 is 0 Å². The van der Waals surface area contributed by atoms with Gasteiger partial charge in [0.15, 0.2) is 0 Å². The Morgan fingerprint density at radius 1 is 1.50 bits per heavy atom. The summed E-state index contributed by atoms with van der Waals surface area (Å²) >= 11 is 7.34. The molecule has 2 aromatic rings. The number of hydrogen-bond donors (Lipinski definition) is 1. The van der Waals surface area contributed by atoms with E-state index in [-0.39, 0.29) is 5.91 Å². The lowest BCUT2D eigenvalue weighted by Gasteiger charge is -2.02. The third-order valence-corrected chi connectivity index (χ3v) is 3.69. The molecule has 0 saturated heterocycles. The molecule has 6 heteroatoms. The van der Waals surface area contributed by atoms with Gasteiger partial charge in [0.25, 0.3) is 5.91 Å². The summed E-state index contributed by atoms with van der Waals surface area (Å²) in [4.78, 5) is 21.1. The molecule has 2 heterocycles. The molecule has 0 spiro atoms. The number of rotatable bonds is 4. The zero-order valence-electron chi connectivity index (χ0n) is 9.81. The molecule has 0 radical (unpaired) electrons. The van der Waals surface area contributed by atoms with Crippen LogP contribution in [0.1, 0.15) is 27.2 Å². The summed E-state index contributed by atoms with van der Waals surface area (Å²) in [6, 6.07) is 3.16. The van der Waals surface area contributed by atoms with Gasteiger partial charge in [-0.2, -0.15) is 0 Å². The monoisotopic (exact) mass is 281 g/mol. The number of pyridine rings is 1. The molecule has 0 bridgehead atoms. The van der Waals surface area contributed by atoms with Gasteiger partial charge in [-0.3, -0.25) is 4.79 Å². The van der Waals surface area contributed by atoms with Crippen molar-refractivity contribution in [3.05, 3.63) is 45.1 Å². The highest BCUT2D eigenvalue weighted by Gasteiger charge is 2.07. The number of thiazole rings is 1. The smallest absolute Gasteiger partial charge is 0.251 e. The molecule has 94 valence electrons. The van der Waals surface area contributed by atoms with Gasteiger partial charge < -0.3 is 5.32 Å². The standard InChI is InChI=1S/C12H12ClN3OS/c1-2-9-6-15-11(18-9)7-16-12(17)8-3-4-14-10(13)5-8/h3-6H,2,7H2,1H3,(H,16,17). The van der Waals surface area contributed by atoms with Crippen LogP contribution in [0.15, 0.2) is 24.5 Å². The Hall–Kier alpha value is -1.46. The summed E-state index contributed by atoms with van der Waals surface area (Å²) in [6.07, 6.45) is 4.32. The van der Waals surface area contributed by atoms with Crippen molar-refractivity contribution in [1.29, 1.82) is 0 Å². The van der Waals surface area contributed by atoms with Crippen molar-refractivity contribution in [2.75, 3.05) is 0 Å². The number of halogens is 1. The molecule has 1 N–H and O–H groups in total. The van der Waals surface area contributed by atoms with Crippen molar-refractivity contribution >= 4 is 28.8 Å². The van der Waals surface area contributed by atoms with Crippen LogP contribution in [0.25, 0.3) is 0 Å². The zero-order chi connectivity index (χ0) is 13.0. The summed E-state index contributed by atoms with van der Waals surface area (Å²) in [5, 5.41) is 4.02. The molecule has 0 aromatic carbocycles. The van der Waals surface area contributed by atoms with Gasteiger partial charge in [-0.05, 0) is 18.6 Å². The van der Waals surface area contributed by atoms with Crippen molar-refractivity contribution < 1.29 is 4.79 Å². The number of hydrogen-bond acceptors (Lipinski definition) is 4. The molecular weight excluding hydrogens is 270 g/mol. The van der Waals surface area contributed by atoms with E-state index in [0.717, 1.165) is 11.4 Å². The van der Waals surface area contributed by atoms with Crippen molar-refractivity contribution in [3.8, 4) is 0 Å². The van der Waals surface area contributed by atoms with Crippen molar-refractivity contribution in [2.24, 2.45) is 0 Å². The molecule has 2 aromatic heterocycles. The first-order valence-electron chi connectivity index (χ1n) is 5.52. The molecule has 0 unspecified atom stereocenters. The summed E-state index contributed by atoms with van der Waals surface area (Å²) in [7, 11) is 0. The van der Waals surface area contributed by atoms with E-state index in [0.29, 0.717) is 17.3 Å². The van der Waals surface area contributed by atoms with E-state index in [2.05, 4.69) is 22.2 Å². The van der Waals surface area contributed by atoms with Crippen molar-refractivity contribution in [1.82, 2.24) is 15.3 Å². The Labute approximate surface area is 114 Å². The molecule has 0 saturated carbocycles. The van der Waals surface area contributed by atoms with Crippen LogP contribution in [0.5, 0.6) is 0 Å². The number of aryl methyl sites for hydroxylation is 1. The number of amides is 1. The highest BCUT2D eigenvalue weighted by molar-refractivity contribution is 7.11. The molecule has 1 amide bonds. The quantitative estimate of drug-likeness (QED) is 0.877. The van der Waals surface area contributed by atoms with E-state index < -0.39 is 0 Å². The lowest BCUT2D eigenvalue weighted by molar-refractivity contribution is 0.0951. The third-order valence-electron chi connectivity index (χ3n) is 2.34. The maximum Gasteiger partial charge on any atom is 0.251 e. The minimum atomic E-state index is -0.174. The number of carbonyl (C=O) groups excluding carboxylic acids is 1. The van der Waals surface area contributed by atoms with Crippen LogP contribution in [-0.4, -0.2) is 15.9 Å². The second kappa shape index (κ2) is 5.93. The number of nitrogens with one attached hydrogen (secondary N) is 1. The van der Waals surface area contributed by atoms with Gasteiger partial charge in [0.05, 0.1) is 6.54 Å². The van der Waals surface area contributed by atoms with Crippen LogP contribution in [0.3, 0.4) is 0 Å². The summed E-state index contributed by atoms with van der Waals surface area (Å²) < 4.78 is 0. The molecule has 0 fully saturated rings. The first-order chi connectivity index (χ1) is 8.69. The number of nitrogens with zero attached hydrogens (tertiary/aromatic N) is 2. The lowest BCUT2D eigenvalue weighted by Crippen LogP contribution is -2.22. The van der Waals surface area contributed by atoms with Gasteiger partial charge in [0.1, 0.15) is 10.2 Å². The molecule has 0 atom stereocenters. The predicted octanol–water partition coefficient (Wildman–Crippen LogP) is 2.68. The minimum absolute atomic E-state index is 0.174. The lowest BCUT2D eigenvalue weighted by atomic mass is 10.2. The topological polar surface area (TPSA) is 54.9 Å². The fourth-order valence-electron chi connectivity index (χ4n) is 1.39. The first-order valence-corrected chi connectivity index (χ1v) is 6.72. The highest BCUT2D eigenvalue weighted by Crippen LogP contribution is 2.13. The van der Waals surface area contributed by atoms with Gasteiger partial charge in [0.2, 0.25) is 0 Å². The summed E-state index contributed by atoms with van der Waals surface area (Å²) in [6.45, 7) is 2.51. The van der Waals surface area contributed by atoms with Crippen LogP contribution in [-0.2, 0) is 13.0 Å². The number of carbonyl (C=O) groups is 1. The van der Waals surface area contributed by atoms with Crippen LogP contribution >= 0.6 is 22.9 Å². The Kier molecular flexibility index (Phi) is 4.28. The average molecular weight is 282 g/mol. The first kappa shape index (κ1) is 13.0. The predicted molar refractivity (Wildman–Crippen MR) is 71.9 cm³/mol. The largest absolute Gasteiger partial charge is 0.346 e. The molecule has 0 aliphatic heterocycles. The zero-order valence-corrected chi connectivity index (χ0v) is 11.4. The van der Waals surface area contributed by atoms with Crippen molar-refractivity contribution in [2.45, 2.75) is 19.9 Å². The Morgan fingerprint density at radius 2 is 2.33 bits per heavy atom. The van der Waals surface area contributed by atoms with Crippen molar-refractivity contribution in [3.63, 3.8) is 0 Å². The molecule has 0 aliphatic rings. The van der Waals surface area contributed by atoms with E-state index in [1.165, 1.54) is 17.1 Å². The molecular formula is C12H12ClN3OS. The van der Waals surface area contributed by atoms with Gasteiger partial charge in [-0.25, -0.2) is 9.97 Å². The second-order valence-electron chi connectivity index (χ2n) is 3.62. The van der Waals surface area contributed by atoms with Gasteiger partial charge >= 0.3 is 0 Å². The van der Waals surface area contributed by atoms with E-state index in [1.807, 2.05) is 6.20 Å². The van der Waals surface area contributed by atoms with Crippen LogP contribution in [0.2, 0.25) is 5.15 Å². The maximum atomic E-state index is 11.8. The fraction of sp³-hybridized carbons (Fsp3) is 0.250. The molecule has 18 heavy (non-hydrogen) atoms. The Balaban J connectivity index is 1.96. The van der Waals surface area contributed by atoms with Crippen LogP contribution in [0.4, 0.5) is 0 Å². The number of aromatic nitrogens is 2. The van der Waals surface area contributed by atoms with E-state index in [1.54, 1.807) is 17.4 Å². The molecule has 2 rings (SSSR count). The molecule has 4 nitrogen and oxygen atoms in total. The van der Waals surface area contributed by atoms with Crippen LogP contribution < -0.4 is 5.32 Å². The van der Waals surface area contributed by atoms with Gasteiger partial charge in [-0.1, -0.05) is 18.5 Å². The summed E-state index contributed by atoms with van der Waals surface area (Å²) in [5.41, 5.74) is 0.502. The maximum absolute atomic E-state index is 11.8. The van der Waals surface area contributed by atoms with E-state index in [9.17, 15) is 4.79 Å². The van der Waals surface area contributed by atoms with Crippen LogP contribution in [0, 0.1) is 0 Å². The second-order valence-corrected chi connectivity index (χ2v) is 5.21. The fourth-order valence-corrected chi connectivity index (χ4v) is 2.37.